The van der Waals surface area contributed by atoms with Crippen molar-refractivity contribution in [2.75, 3.05) is 40.0 Å². The van der Waals surface area contributed by atoms with E-state index in [1.165, 1.54) is 18.6 Å². The van der Waals surface area contributed by atoms with Gasteiger partial charge in [-0.1, -0.05) is 20.8 Å². The molecule has 2 saturated carbocycles. The van der Waals surface area contributed by atoms with E-state index in [-0.39, 0.29) is 22.8 Å². The zero-order valence-corrected chi connectivity index (χ0v) is 21.2. The fraction of sp³-hybridized carbons (Fsp3) is 0.667. The Bertz CT molecular complexity index is 1100. The van der Waals surface area contributed by atoms with E-state index >= 15 is 0 Å². The van der Waals surface area contributed by atoms with Crippen LogP contribution in [-0.4, -0.2) is 61.4 Å². The Hall–Kier alpha value is -2.12. The maximum atomic E-state index is 14.6. The maximum absolute atomic E-state index is 14.6. The number of amides is 1. The smallest absolute Gasteiger partial charge is 0.253 e. The normalized spacial score (nSPS) is 28.5. The summed E-state index contributed by atoms with van der Waals surface area (Å²) in [5.41, 5.74) is 2.38. The second kappa shape index (κ2) is 8.52. The van der Waals surface area contributed by atoms with Crippen molar-refractivity contribution in [3.05, 3.63) is 29.2 Å². The highest BCUT2D eigenvalue weighted by atomic mass is 19.1. The van der Waals surface area contributed by atoms with Gasteiger partial charge < -0.3 is 19.4 Å². The van der Waals surface area contributed by atoms with Crippen LogP contribution in [0.15, 0.2) is 12.1 Å². The third-order valence-corrected chi connectivity index (χ3v) is 9.08. The van der Waals surface area contributed by atoms with Gasteiger partial charge in [0.15, 0.2) is 0 Å². The summed E-state index contributed by atoms with van der Waals surface area (Å²) in [6.07, 6.45) is 3.54. The minimum Gasteiger partial charge on any atom is -0.494 e. The molecule has 1 aromatic heterocycles. The SMILES string of the molecule is COc1cc(F)cc2c(C(=O)NC3C(C)(C)C4CC[C@@]3(C)C4)c(C)n(CCN3CCOCC3)c12. The number of methoxy groups -OCH3 is 1. The van der Waals surface area contributed by atoms with Gasteiger partial charge in [0.1, 0.15) is 11.6 Å². The van der Waals surface area contributed by atoms with E-state index in [1.54, 1.807) is 7.11 Å². The second-order valence-corrected chi connectivity index (χ2v) is 11.4. The van der Waals surface area contributed by atoms with E-state index in [0.29, 0.717) is 29.2 Å². The van der Waals surface area contributed by atoms with E-state index in [4.69, 9.17) is 9.47 Å². The molecule has 2 unspecified atom stereocenters. The van der Waals surface area contributed by atoms with E-state index < -0.39 is 5.82 Å². The fourth-order valence-corrected chi connectivity index (χ4v) is 7.19. The second-order valence-electron chi connectivity index (χ2n) is 11.4. The summed E-state index contributed by atoms with van der Waals surface area (Å²) in [7, 11) is 1.56. The summed E-state index contributed by atoms with van der Waals surface area (Å²) >= 11 is 0. The fourth-order valence-electron chi connectivity index (χ4n) is 7.19. The molecule has 2 heterocycles. The summed E-state index contributed by atoms with van der Waals surface area (Å²) in [5.74, 6) is 0.603. The van der Waals surface area contributed by atoms with Crippen LogP contribution in [0.3, 0.4) is 0 Å². The third kappa shape index (κ3) is 3.72. The predicted molar refractivity (Wildman–Crippen MR) is 131 cm³/mol. The van der Waals surface area contributed by atoms with Gasteiger partial charge in [-0.25, -0.2) is 4.39 Å². The Balaban J connectivity index is 1.52. The summed E-state index contributed by atoms with van der Waals surface area (Å²) in [5, 5.41) is 4.05. The van der Waals surface area contributed by atoms with Crippen molar-refractivity contribution in [3.8, 4) is 5.75 Å². The number of nitrogens with one attached hydrogen (secondary N) is 1. The monoisotopic (exact) mass is 471 g/mol. The van der Waals surface area contributed by atoms with Crippen molar-refractivity contribution in [2.24, 2.45) is 16.7 Å². The van der Waals surface area contributed by atoms with E-state index in [1.807, 2.05) is 6.92 Å². The largest absolute Gasteiger partial charge is 0.494 e. The average molecular weight is 472 g/mol. The number of carbonyl (C=O) groups excluding carboxylic acids is 1. The maximum Gasteiger partial charge on any atom is 0.253 e. The van der Waals surface area contributed by atoms with Crippen LogP contribution in [0.4, 0.5) is 4.39 Å². The number of hydrogen-bond donors (Lipinski definition) is 1. The molecule has 3 atom stereocenters. The highest BCUT2D eigenvalue weighted by molar-refractivity contribution is 6.10. The van der Waals surface area contributed by atoms with E-state index in [0.717, 1.165) is 56.9 Å². The number of morpholine rings is 1. The molecule has 2 bridgehead atoms. The molecule has 34 heavy (non-hydrogen) atoms. The standard InChI is InChI=1S/C27H38FN3O3/c1-17-22(24(32)29-25-26(2,3)18-6-7-27(25,4)16-18)20-14-19(28)15-21(33-5)23(20)31(17)9-8-30-10-12-34-13-11-30/h14-15,18,25H,6-13,16H2,1-5H3,(H,29,32)/t18?,25?,27-/m0/s1. The number of benzene rings is 1. The van der Waals surface area contributed by atoms with Crippen LogP contribution in [-0.2, 0) is 11.3 Å². The Morgan fingerprint density at radius 3 is 2.62 bits per heavy atom. The van der Waals surface area contributed by atoms with Crippen LogP contribution in [0.5, 0.6) is 5.75 Å². The van der Waals surface area contributed by atoms with E-state index in [9.17, 15) is 9.18 Å². The van der Waals surface area contributed by atoms with Gasteiger partial charge in [0.2, 0.25) is 0 Å². The van der Waals surface area contributed by atoms with Gasteiger partial charge in [0, 0.05) is 49.4 Å². The molecule has 1 aromatic carbocycles. The molecule has 3 fully saturated rings. The molecule has 0 spiro atoms. The van der Waals surface area contributed by atoms with Gasteiger partial charge in [0.25, 0.3) is 5.91 Å². The molecule has 1 amide bonds. The molecule has 186 valence electrons. The lowest BCUT2D eigenvalue weighted by Crippen LogP contribution is -2.52. The molecular weight excluding hydrogens is 433 g/mol. The number of rotatable bonds is 6. The van der Waals surface area contributed by atoms with Crippen molar-refractivity contribution in [1.82, 2.24) is 14.8 Å². The van der Waals surface area contributed by atoms with Gasteiger partial charge in [-0.2, -0.15) is 0 Å². The molecule has 5 rings (SSSR count). The first-order chi connectivity index (χ1) is 16.2. The molecule has 2 aromatic rings. The summed E-state index contributed by atoms with van der Waals surface area (Å²) in [4.78, 5) is 16.2. The Kier molecular flexibility index (Phi) is 5.92. The molecule has 0 radical (unpaired) electrons. The van der Waals surface area contributed by atoms with Crippen molar-refractivity contribution < 1.29 is 18.7 Å². The molecule has 1 N–H and O–H groups in total. The molecule has 1 saturated heterocycles. The zero-order chi connectivity index (χ0) is 24.3. The number of nitrogens with zero attached hydrogens (tertiary/aromatic N) is 2. The van der Waals surface area contributed by atoms with Crippen LogP contribution in [0.25, 0.3) is 10.9 Å². The highest BCUT2D eigenvalue weighted by Gasteiger charge is 2.59. The zero-order valence-electron chi connectivity index (χ0n) is 21.2. The summed E-state index contributed by atoms with van der Waals surface area (Å²) in [6, 6.07) is 3.00. The average Bonchev–Trinajstić information content (AvgIpc) is 3.39. The van der Waals surface area contributed by atoms with Crippen molar-refractivity contribution in [3.63, 3.8) is 0 Å². The van der Waals surface area contributed by atoms with Crippen LogP contribution in [0.1, 0.15) is 56.1 Å². The summed E-state index contributed by atoms with van der Waals surface area (Å²) < 4.78 is 27.8. The summed E-state index contributed by atoms with van der Waals surface area (Å²) in [6.45, 7) is 13.7. The molecule has 6 nitrogen and oxygen atoms in total. The quantitative estimate of drug-likeness (QED) is 0.680. The molecule has 7 heteroatoms. The lowest BCUT2D eigenvalue weighted by atomic mass is 9.68. The van der Waals surface area contributed by atoms with Gasteiger partial charge in [-0.3, -0.25) is 9.69 Å². The van der Waals surface area contributed by atoms with Crippen molar-refractivity contribution in [1.29, 1.82) is 0 Å². The molecule has 2 aliphatic carbocycles. The van der Waals surface area contributed by atoms with Gasteiger partial charge in [0.05, 0.1) is 31.4 Å². The molecule has 3 aliphatic rings. The third-order valence-electron chi connectivity index (χ3n) is 9.08. The Labute approximate surface area is 201 Å². The minimum absolute atomic E-state index is 0.0498. The number of ether oxygens (including phenoxy) is 2. The van der Waals surface area contributed by atoms with E-state index in [2.05, 4.69) is 35.6 Å². The van der Waals surface area contributed by atoms with Crippen LogP contribution >= 0.6 is 0 Å². The minimum atomic E-state index is -0.393. The predicted octanol–water partition coefficient (Wildman–Crippen LogP) is 4.37. The highest BCUT2D eigenvalue weighted by Crippen LogP contribution is 2.62. The topological polar surface area (TPSA) is 55.7 Å². The Morgan fingerprint density at radius 2 is 1.97 bits per heavy atom. The van der Waals surface area contributed by atoms with Gasteiger partial charge in [-0.15, -0.1) is 0 Å². The first-order valence-electron chi connectivity index (χ1n) is 12.6. The molecular formula is C27H38FN3O3. The molecule has 1 aliphatic heterocycles. The number of fused-ring (bicyclic) bond motifs is 3. The van der Waals surface area contributed by atoms with Crippen molar-refractivity contribution >= 4 is 16.8 Å². The lowest BCUT2D eigenvalue weighted by molar-refractivity contribution is 0.0364. The Morgan fingerprint density at radius 1 is 1.24 bits per heavy atom. The lowest BCUT2D eigenvalue weighted by Gasteiger charge is -2.43. The number of halogens is 1. The first-order valence-corrected chi connectivity index (χ1v) is 12.6. The first kappa shape index (κ1) is 23.6. The van der Waals surface area contributed by atoms with Crippen LogP contribution < -0.4 is 10.1 Å². The number of carbonyl (C=O) groups is 1. The van der Waals surface area contributed by atoms with Crippen molar-refractivity contribution in [2.45, 2.75) is 59.5 Å². The number of aromatic nitrogens is 1. The van der Waals surface area contributed by atoms with Gasteiger partial charge >= 0.3 is 0 Å². The van der Waals surface area contributed by atoms with Crippen LogP contribution in [0, 0.1) is 29.5 Å². The van der Waals surface area contributed by atoms with Gasteiger partial charge in [-0.05, 0) is 49.0 Å². The number of hydrogen-bond acceptors (Lipinski definition) is 4. The van der Waals surface area contributed by atoms with Crippen LogP contribution in [0.2, 0.25) is 0 Å².